The molecule has 2 aromatic heterocycles. The number of hydrogen-bond donors (Lipinski definition) is 3. The summed E-state index contributed by atoms with van der Waals surface area (Å²) in [5.74, 6) is 1.33. The predicted octanol–water partition coefficient (Wildman–Crippen LogP) is 6.52. The molecule has 3 amide bonds. The molecule has 4 heterocycles. The fourth-order valence-electron chi connectivity index (χ4n) is 8.04. The SMILES string of the molecule is CN[C@H](C(=O)N1CCC[C@H]1c1nc(-c2ccc(-c3ccc(NC(=O)c4ccc(N5CCN(C(=O)[C@H]6CC6(C)C)C[C@H]5C)nc4)cc3F)cc2)c[nH]1)C(C)C. The van der Waals surface area contributed by atoms with Gasteiger partial charge in [0.2, 0.25) is 11.8 Å². The van der Waals surface area contributed by atoms with E-state index in [1.165, 1.54) is 12.3 Å². The number of aromatic nitrogens is 3. The zero-order chi connectivity index (χ0) is 38.3. The Morgan fingerprint density at radius 1 is 1.00 bits per heavy atom. The molecule has 0 spiro atoms. The van der Waals surface area contributed by atoms with Gasteiger partial charge >= 0.3 is 0 Å². The molecule has 3 fully saturated rings. The Morgan fingerprint density at radius 2 is 1.74 bits per heavy atom. The number of nitrogens with one attached hydrogen (secondary N) is 3. The second-order valence-electron chi connectivity index (χ2n) is 16.1. The monoisotopic (exact) mass is 734 g/mol. The standard InChI is InChI=1S/C42H51FN8O3/c1-25(2)37(44-6)41(54)51-17-7-8-35(51)38-46-23-34(48-38)28-11-9-27(10-12-28)31-15-14-30(20-33(31)43)47-39(52)29-13-16-36(45-22-29)50-19-18-49(24-26(50)3)40(53)32-21-42(32,4)5/h9-16,20,22-23,25-26,32,35,37,44H,7-8,17-19,21,24H2,1-6H3,(H,46,48)(H,47,52)/t26-,32-,35+,37+/m1/s1. The second kappa shape index (κ2) is 15.0. The number of piperazine rings is 1. The number of benzene rings is 2. The lowest BCUT2D eigenvalue weighted by molar-refractivity contribution is -0.135. The van der Waals surface area contributed by atoms with Crippen molar-refractivity contribution >= 4 is 29.2 Å². The number of likely N-dealkylation sites (tertiary alicyclic amines) is 1. The molecule has 4 atom stereocenters. The highest BCUT2D eigenvalue weighted by atomic mass is 19.1. The number of H-pyrrole nitrogens is 1. The first kappa shape index (κ1) is 37.2. The van der Waals surface area contributed by atoms with E-state index in [-0.39, 0.29) is 53.1 Å². The fourth-order valence-corrected chi connectivity index (χ4v) is 8.04. The van der Waals surface area contributed by atoms with Crippen molar-refractivity contribution in [2.45, 2.75) is 72.0 Å². The van der Waals surface area contributed by atoms with Crippen LogP contribution in [0.1, 0.15) is 76.1 Å². The molecule has 1 saturated carbocycles. The van der Waals surface area contributed by atoms with Crippen LogP contribution in [-0.2, 0) is 9.59 Å². The number of nitrogens with zero attached hydrogens (tertiary/aromatic N) is 5. The fraction of sp³-hybridized carbons (Fsp3) is 0.452. The van der Waals surface area contributed by atoms with E-state index in [4.69, 9.17) is 4.98 Å². The van der Waals surface area contributed by atoms with Gasteiger partial charge in [-0.2, -0.15) is 0 Å². The zero-order valence-electron chi connectivity index (χ0n) is 32.0. The van der Waals surface area contributed by atoms with Gasteiger partial charge in [0, 0.05) is 67.3 Å². The van der Waals surface area contributed by atoms with Gasteiger partial charge in [-0.15, -0.1) is 0 Å². The van der Waals surface area contributed by atoms with Crippen molar-refractivity contribution in [2.24, 2.45) is 17.3 Å². The summed E-state index contributed by atoms with van der Waals surface area (Å²) >= 11 is 0. The van der Waals surface area contributed by atoms with Crippen LogP contribution in [-0.4, -0.2) is 87.8 Å². The van der Waals surface area contributed by atoms with E-state index in [0.717, 1.165) is 42.2 Å². The molecule has 2 saturated heterocycles. The maximum absolute atomic E-state index is 15.4. The Kier molecular flexibility index (Phi) is 10.3. The summed E-state index contributed by atoms with van der Waals surface area (Å²) in [4.78, 5) is 58.1. The Balaban J connectivity index is 0.952. The molecular weight excluding hydrogens is 684 g/mol. The highest BCUT2D eigenvalue weighted by Gasteiger charge is 2.52. The highest BCUT2D eigenvalue weighted by Crippen LogP contribution is 2.52. The minimum absolute atomic E-state index is 0.0968. The average Bonchev–Trinajstić information content (AvgIpc) is 3.51. The highest BCUT2D eigenvalue weighted by molar-refractivity contribution is 6.04. The molecule has 0 unspecified atom stereocenters. The van der Waals surface area contributed by atoms with Crippen LogP contribution in [0, 0.1) is 23.1 Å². The Bertz CT molecular complexity index is 2010. The van der Waals surface area contributed by atoms with Gasteiger partial charge in [0.25, 0.3) is 5.91 Å². The van der Waals surface area contributed by atoms with Crippen LogP contribution in [0.5, 0.6) is 0 Å². The second-order valence-corrected chi connectivity index (χ2v) is 16.1. The molecule has 7 rings (SSSR count). The molecule has 0 radical (unpaired) electrons. The van der Waals surface area contributed by atoms with E-state index in [2.05, 4.69) is 46.3 Å². The predicted molar refractivity (Wildman–Crippen MR) is 208 cm³/mol. The van der Waals surface area contributed by atoms with Crippen molar-refractivity contribution < 1.29 is 18.8 Å². The van der Waals surface area contributed by atoms with Crippen molar-refractivity contribution in [2.75, 3.05) is 43.4 Å². The van der Waals surface area contributed by atoms with Gasteiger partial charge in [0.1, 0.15) is 17.5 Å². The normalized spacial score (nSPS) is 21.3. The van der Waals surface area contributed by atoms with Gasteiger partial charge < -0.3 is 30.3 Å². The van der Waals surface area contributed by atoms with Crippen molar-refractivity contribution in [1.82, 2.24) is 30.1 Å². The van der Waals surface area contributed by atoms with Gasteiger partial charge in [-0.05, 0) is 80.5 Å². The zero-order valence-corrected chi connectivity index (χ0v) is 32.0. The van der Waals surface area contributed by atoms with Gasteiger partial charge in [0.05, 0.1) is 23.3 Å². The van der Waals surface area contributed by atoms with Crippen LogP contribution in [0.3, 0.4) is 0 Å². The van der Waals surface area contributed by atoms with Crippen molar-refractivity contribution in [3.8, 4) is 22.4 Å². The molecule has 12 heteroatoms. The number of anilines is 2. The largest absolute Gasteiger partial charge is 0.350 e. The number of aromatic amines is 1. The van der Waals surface area contributed by atoms with E-state index < -0.39 is 5.82 Å². The number of carbonyl (C=O) groups is 3. The lowest BCUT2D eigenvalue weighted by Crippen LogP contribution is -2.54. The average molecular weight is 735 g/mol. The van der Waals surface area contributed by atoms with E-state index >= 15 is 4.39 Å². The molecule has 3 aliphatic rings. The molecule has 3 N–H and O–H groups in total. The Morgan fingerprint density at radius 3 is 2.37 bits per heavy atom. The quantitative estimate of drug-likeness (QED) is 0.169. The molecule has 0 bridgehead atoms. The minimum atomic E-state index is -0.458. The van der Waals surface area contributed by atoms with Gasteiger partial charge in [0.15, 0.2) is 0 Å². The van der Waals surface area contributed by atoms with Crippen LogP contribution in [0.15, 0.2) is 67.0 Å². The third kappa shape index (κ3) is 7.48. The van der Waals surface area contributed by atoms with Crippen molar-refractivity contribution in [3.63, 3.8) is 0 Å². The van der Waals surface area contributed by atoms with E-state index in [0.29, 0.717) is 48.6 Å². The van der Waals surface area contributed by atoms with Gasteiger partial charge in [-0.25, -0.2) is 14.4 Å². The third-order valence-electron chi connectivity index (χ3n) is 11.5. The Labute approximate surface area is 316 Å². The summed E-state index contributed by atoms with van der Waals surface area (Å²) in [5, 5.41) is 5.95. The number of hydrogen-bond acceptors (Lipinski definition) is 7. The number of rotatable bonds is 10. The number of imidazole rings is 1. The third-order valence-corrected chi connectivity index (χ3v) is 11.5. The van der Waals surface area contributed by atoms with Gasteiger partial charge in [-0.3, -0.25) is 14.4 Å². The Hall–Kier alpha value is -5.10. The lowest BCUT2D eigenvalue weighted by atomic mass is 10.0. The van der Waals surface area contributed by atoms with E-state index in [9.17, 15) is 14.4 Å². The molecule has 4 aromatic rings. The first-order valence-electron chi connectivity index (χ1n) is 19.1. The molecule has 284 valence electrons. The number of halogens is 1. The molecular formula is C42H51FN8O3. The summed E-state index contributed by atoms with van der Waals surface area (Å²) in [5.41, 5.74) is 3.55. The van der Waals surface area contributed by atoms with Crippen LogP contribution in [0.2, 0.25) is 0 Å². The maximum Gasteiger partial charge on any atom is 0.257 e. The van der Waals surface area contributed by atoms with Crippen molar-refractivity contribution in [1.29, 1.82) is 0 Å². The summed E-state index contributed by atoms with van der Waals surface area (Å²) < 4.78 is 15.4. The van der Waals surface area contributed by atoms with Crippen molar-refractivity contribution in [3.05, 3.63) is 84.2 Å². The minimum Gasteiger partial charge on any atom is -0.350 e. The summed E-state index contributed by atoms with van der Waals surface area (Å²) in [6.07, 6.45) is 6.12. The topological polar surface area (TPSA) is 127 Å². The van der Waals surface area contributed by atoms with Crippen LogP contribution in [0.4, 0.5) is 15.9 Å². The van der Waals surface area contributed by atoms with Crippen LogP contribution < -0.4 is 15.5 Å². The maximum atomic E-state index is 15.4. The molecule has 2 aromatic carbocycles. The number of likely N-dealkylation sites (N-methyl/N-ethyl adjacent to an activating group) is 1. The summed E-state index contributed by atoms with van der Waals surface area (Å²) in [6, 6.07) is 15.5. The lowest BCUT2D eigenvalue weighted by Gasteiger charge is -2.40. The summed E-state index contributed by atoms with van der Waals surface area (Å²) in [6.45, 7) is 13.1. The van der Waals surface area contributed by atoms with Crippen LogP contribution >= 0.6 is 0 Å². The first-order valence-corrected chi connectivity index (χ1v) is 19.1. The molecule has 1 aliphatic carbocycles. The van der Waals surface area contributed by atoms with Gasteiger partial charge in [-0.1, -0.05) is 52.0 Å². The smallest absolute Gasteiger partial charge is 0.257 e. The molecule has 11 nitrogen and oxygen atoms in total. The first-order chi connectivity index (χ1) is 25.8. The summed E-state index contributed by atoms with van der Waals surface area (Å²) in [7, 11) is 1.82. The number of pyridine rings is 1. The number of amides is 3. The molecule has 2 aliphatic heterocycles. The molecule has 54 heavy (non-hydrogen) atoms. The van der Waals surface area contributed by atoms with E-state index in [1.54, 1.807) is 18.2 Å². The number of carbonyl (C=O) groups excluding carboxylic acids is 3. The van der Waals surface area contributed by atoms with E-state index in [1.807, 2.05) is 67.2 Å². The van der Waals surface area contributed by atoms with Crippen LogP contribution in [0.25, 0.3) is 22.4 Å².